The van der Waals surface area contributed by atoms with Gasteiger partial charge in [-0.15, -0.1) is 11.8 Å². The second kappa shape index (κ2) is 5.09. The van der Waals surface area contributed by atoms with Gasteiger partial charge in [-0.25, -0.2) is 5.48 Å². The van der Waals surface area contributed by atoms with Crippen LogP contribution in [-0.4, -0.2) is 40.0 Å². The lowest BCUT2D eigenvalue weighted by Crippen LogP contribution is -2.50. The van der Waals surface area contributed by atoms with Crippen molar-refractivity contribution in [3.63, 3.8) is 0 Å². The van der Waals surface area contributed by atoms with Gasteiger partial charge in [0.2, 0.25) is 5.91 Å². The van der Waals surface area contributed by atoms with E-state index in [0.29, 0.717) is 24.7 Å². The molecule has 0 aliphatic carbocycles. The number of hydrogen-bond donors (Lipinski definition) is 1. The Kier molecular flexibility index (Phi) is 3.87. The van der Waals surface area contributed by atoms with Gasteiger partial charge < -0.3 is 4.90 Å². The number of rotatable bonds is 4. The molecule has 102 valence electrons. The average molecular weight is 272 g/mol. The maximum absolute atomic E-state index is 12.0. The Labute approximate surface area is 112 Å². The van der Waals surface area contributed by atoms with Gasteiger partial charge in [0, 0.05) is 12.2 Å². The van der Waals surface area contributed by atoms with E-state index in [9.17, 15) is 9.59 Å². The first-order valence-electron chi connectivity index (χ1n) is 6.32. The van der Waals surface area contributed by atoms with Crippen molar-refractivity contribution in [2.75, 3.05) is 12.4 Å². The molecule has 0 spiro atoms. The molecular weight excluding hydrogens is 252 g/mol. The maximum atomic E-state index is 12.0. The van der Waals surface area contributed by atoms with Gasteiger partial charge in [0.1, 0.15) is 6.04 Å². The quantitative estimate of drug-likeness (QED) is 0.780. The van der Waals surface area contributed by atoms with Gasteiger partial charge >= 0.3 is 0 Å². The van der Waals surface area contributed by atoms with Crippen LogP contribution >= 0.6 is 11.8 Å². The van der Waals surface area contributed by atoms with Crippen LogP contribution in [0.15, 0.2) is 0 Å². The van der Waals surface area contributed by atoms with Gasteiger partial charge in [0.05, 0.1) is 11.5 Å². The fourth-order valence-corrected chi connectivity index (χ4v) is 3.79. The topological polar surface area (TPSA) is 58.6 Å². The van der Waals surface area contributed by atoms with E-state index in [0.717, 1.165) is 6.42 Å². The number of hydrogen-bond acceptors (Lipinski definition) is 4. The number of carbonyl (C=O) groups is 2. The smallest absolute Gasteiger partial charge is 0.267 e. The summed E-state index contributed by atoms with van der Waals surface area (Å²) in [5, 5.41) is 0. The molecule has 0 radical (unpaired) electrons. The molecule has 2 fully saturated rings. The summed E-state index contributed by atoms with van der Waals surface area (Å²) in [4.78, 5) is 30.5. The molecule has 2 heterocycles. The first-order chi connectivity index (χ1) is 8.44. The highest BCUT2D eigenvalue weighted by atomic mass is 32.2. The van der Waals surface area contributed by atoms with Gasteiger partial charge in [-0.2, -0.15) is 0 Å². The molecule has 0 bridgehead atoms. The zero-order chi connectivity index (χ0) is 13.3. The van der Waals surface area contributed by atoms with Crippen molar-refractivity contribution in [2.45, 2.75) is 44.5 Å². The maximum Gasteiger partial charge on any atom is 0.267 e. The van der Waals surface area contributed by atoms with Crippen molar-refractivity contribution < 1.29 is 14.4 Å². The highest BCUT2D eigenvalue weighted by molar-refractivity contribution is 8.01. The van der Waals surface area contributed by atoms with Crippen molar-refractivity contribution in [3.05, 3.63) is 0 Å². The van der Waals surface area contributed by atoms with Crippen LogP contribution in [0.2, 0.25) is 0 Å². The van der Waals surface area contributed by atoms with Crippen LogP contribution in [0.3, 0.4) is 0 Å². The third-order valence-electron chi connectivity index (χ3n) is 3.34. The predicted molar refractivity (Wildman–Crippen MR) is 69.7 cm³/mol. The first-order valence-corrected chi connectivity index (χ1v) is 7.30. The predicted octanol–water partition coefficient (Wildman–Crippen LogP) is 1.14. The van der Waals surface area contributed by atoms with E-state index in [1.807, 2.05) is 20.8 Å². The largest absolute Gasteiger partial charge is 0.315 e. The van der Waals surface area contributed by atoms with Crippen molar-refractivity contribution in [1.82, 2.24) is 10.4 Å². The molecule has 2 aliphatic heterocycles. The number of fused-ring (bicyclic) bond motifs is 1. The minimum Gasteiger partial charge on any atom is -0.315 e. The summed E-state index contributed by atoms with van der Waals surface area (Å²) in [6.45, 7) is 6.54. The number of hydroxylamine groups is 1. The van der Waals surface area contributed by atoms with Crippen molar-refractivity contribution in [2.24, 2.45) is 5.92 Å². The minimum absolute atomic E-state index is 0.0755. The Balaban J connectivity index is 1.93. The molecule has 2 saturated heterocycles. The molecule has 5 nitrogen and oxygen atoms in total. The van der Waals surface area contributed by atoms with Crippen LogP contribution in [0.25, 0.3) is 0 Å². The number of amides is 2. The molecule has 2 amide bonds. The lowest BCUT2D eigenvalue weighted by molar-refractivity contribution is -0.145. The van der Waals surface area contributed by atoms with Gasteiger partial charge in [0.15, 0.2) is 0 Å². The monoisotopic (exact) mass is 272 g/mol. The molecule has 2 atom stereocenters. The lowest BCUT2D eigenvalue weighted by atomic mass is 10.2. The molecule has 0 aromatic heterocycles. The van der Waals surface area contributed by atoms with E-state index in [1.165, 1.54) is 0 Å². The van der Waals surface area contributed by atoms with Gasteiger partial charge in [0.25, 0.3) is 5.91 Å². The van der Waals surface area contributed by atoms with Crippen LogP contribution < -0.4 is 5.48 Å². The number of nitrogens with one attached hydrogen (secondary N) is 1. The number of thioether (sulfide) groups is 1. The van der Waals surface area contributed by atoms with E-state index >= 15 is 0 Å². The Bertz CT molecular complexity index is 361. The van der Waals surface area contributed by atoms with Crippen molar-refractivity contribution in [1.29, 1.82) is 0 Å². The molecule has 2 rings (SSSR count). The summed E-state index contributed by atoms with van der Waals surface area (Å²) in [7, 11) is 0. The second-order valence-electron chi connectivity index (χ2n) is 5.44. The van der Waals surface area contributed by atoms with E-state index < -0.39 is 0 Å². The second-order valence-corrected chi connectivity index (χ2v) is 6.94. The Morgan fingerprint density at radius 3 is 3.06 bits per heavy atom. The molecule has 0 aromatic rings. The minimum atomic E-state index is -0.387. The van der Waals surface area contributed by atoms with Crippen molar-refractivity contribution >= 4 is 23.6 Å². The molecule has 0 saturated carbocycles. The van der Waals surface area contributed by atoms with Gasteiger partial charge in [-0.3, -0.25) is 14.4 Å². The molecule has 18 heavy (non-hydrogen) atoms. The van der Waals surface area contributed by atoms with Crippen LogP contribution in [0.1, 0.15) is 33.6 Å². The molecular formula is C12H20N2O3S. The first kappa shape index (κ1) is 13.7. The molecule has 0 unspecified atom stereocenters. The summed E-state index contributed by atoms with van der Waals surface area (Å²) < 4.78 is 0. The third-order valence-corrected chi connectivity index (χ3v) is 4.84. The summed E-state index contributed by atoms with van der Waals surface area (Å²) in [5.74, 6) is 0.884. The average Bonchev–Trinajstić information content (AvgIpc) is 2.76. The summed E-state index contributed by atoms with van der Waals surface area (Å²) in [6.07, 6.45) is 1.37. The normalized spacial score (nSPS) is 31.0. The standard InChI is InChI=1S/C12H20N2O3S/c1-8(2)6-17-13-11(16)9-7-18-12(3)5-4-10(15)14(9)12/h8-9H,4-7H2,1-3H3,(H,13,16)/t9-,12-/m0/s1. The van der Waals surface area contributed by atoms with E-state index in [4.69, 9.17) is 4.84 Å². The number of carbonyl (C=O) groups excluding carboxylic acids is 2. The zero-order valence-corrected chi connectivity index (χ0v) is 11.9. The summed E-state index contributed by atoms with van der Waals surface area (Å²) in [5.41, 5.74) is 2.46. The lowest BCUT2D eigenvalue weighted by Gasteiger charge is -2.29. The summed E-state index contributed by atoms with van der Waals surface area (Å²) in [6, 6.07) is -0.387. The Morgan fingerprint density at radius 2 is 2.39 bits per heavy atom. The molecule has 2 aliphatic rings. The zero-order valence-electron chi connectivity index (χ0n) is 11.1. The summed E-state index contributed by atoms with van der Waals surface area (Å²) >= 11 is 1.68. The Morgan fingerprint density at radius 1 is 1.67 bits per heavy atom. The highest BCUT2D eigenvalue weighted by Crippen LogP contribution is 2.47. The fourth-order valence-electron chi connectivity index (χ4n) is 2.36. The van der Waals surface area contributed by atoms with Crippen LogP contribution in [0.5, 0.6) is 0 Å². The van der Waals surface area contributed by atoms with Crippen molar-refractivity contribution in [3.8, 4) is 0 Å². The van der Waals surface area contributed by atoms with Crippen LogP contribution in [0, 0.1) is 5.92 Å². The Hall–Kier alpha value is -0.750. The van der Waals surface area contributed by atoms with E-state index in [2.05, 4.69) is 5.48 Å². The highest BCUT2D eigenvalue weighted by Gasteiger charge is 2.52. The third kappa shape index (κ3) is 2.49. The SMILES string of the molecule is CC(C)CONC(=O)[C@@H]1CS[C@@]2(C)CCC(=O)N12. The molecule has 0 aromatic carbocycles. The molecule has 6 heteroatoms. The fraction of sp³-hybridized carbons (Fsp3) is 0.833. The van der Waals surface area contributed by atoms with Crippen LogP contribution in [0.4, 0.5) is 0 Å². The van der Waals surface area contributed by atoms with Gasteiger partial charge in [-0.05, 0) is 19.3 Å². The number of nitrogens with zero attached hydrogens (tertiary/aromatic N) is 1. The van der Waals surface area contributed by atoms with Gasteiger partial charge in [-0.1, -0.05) is 13.8 Å². The van der Waals surface area contributed by atoms with Crippen LogP contribution in [-0.2, 0) is 14.4 Å². The molecule has 1 N–H and O–H groups in total. The van der Waals surface area contributed by atoms with E-state index in [-0.39, 0.29) is 22.7 Å². The van der Waals surface area contributed by atoms with E-state index in [1.54, 1.807) is 16.7 Å².